The zero-order valence-electron chi connectivity index (χ0n) is 24.0. The molecule has 2 aliphatic rings. The Labute approximate surface area is 254 Å². The van der Waals surface area contributed by atoms with Crippen molar-refractivity contribution in [2.45, 2.75) is 90.1 Å². The van der Waals surface area contributed by atoms with Gasteiger partial charge in [-0.25, -0.2) is 0 Å². The van der Waals surface area contributed by atoms with Gasteiger partial charge in [0.05, 0.1) is 0 Å². The van der Waals surface area contributed by atoms with E-state index in [-0.39, 0.29) is 11.8 Å². The summed E-state index contributed by atoms with van der Waals surface area (Å²) < 4.78 is 0. The number of unbranched alkanes of at least 4 members (excludes halogenated alkanes) is 1. The van der Waals surface area contributed by atoms with Gasteiger partial charge in [-0.05, 0) is 67.3 Å². The summed E-state index contributed by atoms with van der Waals surface area (Å²) in [7, 11) is 0. The van der Waals surface area contributed by atoms with Crippen LogP contribution in [0, 0.1) is 17.8 Å². The van der Waals surface area contributed by atoms with Gasteiger partial charge in [0.2, 0.25) is 17.7 Å². The van der Waals surface area contributed by atoms with E-state index in [1.54, 1.807) is 6.07 Å². The van der Waals surface area contributed by atoms with E-state index in [9.17, 15) is 14.4 Å². The second-order valence-electron chi connectivity index (χ2n) is 11.8. The minimum absolute atomic E-state index is 0.0745. The molecule has 4 rings (SSSR count). The molecule has 41 heavy (non-hydrogen) atoms. The van der Waals surface area contributed by atoms with Crippen molar-refractivity contribution in [1.29, 1.82) is 0 Å². The Bertz CT molecular complexity index is 1210. The van der Waals surface area contributed by atoms with Crippen LogP contribution in [0.2, 0.25) is 10.0 Å². The number of carbonyl (C=O) groups is 3. The molecule has 222 valence electrons. The molecule has 1 heterocycles. The Balaban J connectivity index is 1.49. The van der Waals surface area contributed by atoms with Gasteiger partial charge in [-0.2, -0.15) is 0 Å². The Hall–Kier alpha value is -2.57. The maximum Gasteiger partial charge on any atom is 0.245 e. The predicted molar refractivity (Wildman–Crippen MR) is 165 cm³/mol. The van der Waals surface area contributed by atoms with Crippen LogP contribution in [0.1, 0.15) is 83.1 Å². The fraction of sp³-hybridized carbons (Fsp3) is 0.545. The Kier molecular flexibility index (Phi) is 11.5. The molecule has 3 atom stereocenters. The number of halogens is 2. The second kappa shape index (κ2) is 15.1. The van der Waals surface area contributed by atoms with Crippen molar-refractivity contribution in [2.75, 3.05) is 6.54 Å². The molecule has 1 aliphatic carbocycles. The highest BCUT2D eigenvalue weighted by Gasteiger charge is 2.37. The van der Waals surface area contributed by atoms with Crippen LogP contribution in [0.5, 0.6) is 0 Å². The van der Waals surface area contributed by atoms with E-state index in [1.807, 2.05) is 41.3 Å². The van der Waals surface area contributed by atoms with Crippen LogP contribution in [0.15, 0.2) is 42.5 Å². The predicted octanol–water partition coefficient (Wildman–Crippen LogP) is 7.15. The first-order valence-electron chi connectivity index (χ1n) is 15.2. The van der Waals surface area contributed by atoms with Crippen LogP contribution in [-0.4, -0.2) is 35.2 Å². The lowest BCUT2D eigenvalue weighted by atomic mass is 9.80. The maximum atomic E-state index is 13.8. The molecule has 1 aliphatic heterocycles. The number of hydrogen-bond donors (Lipinski definition) is 2. The first-order chi connectivity index (χ1) is 19.8. The largest absolute Gasteiger partial charge is 0.369 e. The summed E-state index contributed by atoms with van der Waals surface area (Å²) in [5.41, 5.74) is 8.67. The molecule has 3 amide bonds. The number of carbonyl (C=O) groups excluding carboxylic acids is 3. The highest BCUT2D eigenvalue weighted by atomic mass is 35.5. The lowest BCUT2D eigenvalue weighted by molar-refractivity contribution is -0.139. The number of primary amides is 1. The molecule has 2 unspecified atom stereocenters. The van der Waals surface area contributed by atoms with Crippen molar-refractivity contribution in [1.82, 2.24) is 10.2 Å². The fourth-order valence-electron chi connectivity index (χ4n) is 6.48. The van der Waals surface area contributed by atoms with E-state index < -0.39 is 23.8 Å². The summed E-state index contributed by atoms with van der Waals surface area (Å²) in [4.78, 5) is 41.9. The van der Waals surface area contributed by atoms with Crippen LogP contribution >= 0.6 is 23.2 Å². The molecular weight excluding hydrogens is 557 g/mol. The molecule has 8 heteroatoms. The first-order valence-corrected chi connectivity index (χ1v) is 15.9. The van der Waals surface area contributed by atoms with Gasteiger partial charge in [-0.3, -0.25) is 14.4 Å². The quantitative estimate of drug-likeness (QED) is 0.271. The van der Waals surface area contributed by atoms with Crippen LogP contribution < -0.4 is 11.1 Å². The van der Waals surface area contributed by atoms with E-state index in [1.165, 1.54) is 0 Å². The zero-order chi connectivity index (χ0) is 29.4. The van der Waals surface area contributed by atoms with Crippen molar-refractivity contribution < 1.29 is 14.4 Å². The SMILES string of the molecule is CCCCC(C(N)=O)C(CC1CCCC1)C(=O)N[C@H]1CCCCN(Cc2cccc(-c3ccc(Cl)cc3Cl)c2)C1=O. The molecule has 0 aromatic heterocycles. The standard InChI is InChI=1S/C33H43Cl2N3O3/c1-2-3-13-27(31(36)39)28(19-22-9-4-5-10-22)32(40)37-30-14-6-7-17-38(33(30)41)21-23-11-8-12-24(18-23)26-16-15-25(34)20-29(26)35/h8,11-12,15-16,18,20,22,27-28,30H,2-7,9-10,13-14,17,19,21H2,1H3,(H2,36,39)(H,37,40)/t27?,28?,30-/m0/s1. The van der Waals surface area contributed by atoms with Gasteiger partial charge in [-0.1, -0.05) is 92.9 Å². The topological polar surface area (TPSA) is 92.5 Å². The number of amides is 3. The smallest absolute Gasteiger partial charge is 0.245 e. The Morgan fingerprint density at radius 1 is 1.02 bits per heavy atom. The second-order valence-corrected chi connectivity index (χ2v) is 12.6. The number of nitrogens with one attached hydrogen (secondary N) is 1. The molecule has 1 saturated carbocycles. The Morgan fingerprint density at radius 3 is 2.49 bits per heavy atom. The summed E-state index contributed by atoms with van der Waals surface area (Å²) in [5.74, 6) is -1.25. The molecular formula is C33H43Cl2N3O3. The monoisotopic (exact) mass is 599 g/mol. The van der Waals surface area contributed by atoms with Gasteiger partial charge in [0.1, 0.15) is 6.04 Å². The third kappa shape index (κ3) is 8.48. The third-order valence-electron chi connectivity index (χ3n) is 8.76. The van der Waals surface area contributed by atoms with Crippen molar-refractivity contribution >= 4 is 40.9 Å². The summed E-state index contributed by atoms with van der Waals surface area (Å²) in [6, 6.07) is 12.8. The van der Waals surface area contributed by atoms with Crippen molar-refractivity contribution in [3.05, 3.63) is 58.1 Å². The molecule has 6 nitrogen and oxygen atoms in total. The molecule has 0 bridgehead atoms. The molecule has 1 saturated heterocycles. The number of nitrogens with two attached hydrogens (primary N) is 1. The van der Waals surface area contributed by atoms with Gasteiger partial charge in [0.15, 0.2) is 0 Å². The number of hydrogen-bond acceptors (Lipinski definition) is 3. The molecule has 2 fully saturated rings. The van der Waals surface area contributed by atoms with Crippen LogP contribution in [0.3, 0.4) is 0 Å². The van der Waals surface area contributed by atoms with E-state index in [0.29, 0.717) is 48.3 Å². The number of benzene rings is 2. The van der Waals surface area contributed by atoms with Crippen LogP contribution in [0.25, 0.3) is 11.1 Å². The van der Waals surface area contributed by atoms with Gasteiger partial charge in [0.25, 0.3) is 0 Å². The van der Waals surface area contributed by atoms with Gasteiger partial charge < -0.3 is 16.0 Å². The van der Waals surface area contributed by atoms with E-state index in [0.717, 1.165) is 68.1 Å². The van der Waals surface area contributed by atoms with Crippen molar-refractivity contribution in [3.8, 4) is 11.1 Å². The van der Waals surface area contributed by atoms with Crippen molar-refractivity contribution in [3.63, 3.8) is 0 Å². The number of likely N-dealkylation sites (tertiary alicyclic amines) is 1. The fourth-order valence-corrected chi connectivity index (χ4v) is 7.00. The highest BCUT2D eigenvalue weighted by molar-refractivity contribution is 6.36. The average Bonchev–Trinajstić information content (AvgIpc) is 3.40. The van der Waals surface area contributed by atoms with Crippen LogP contribution in [-0.2, 0) is 20.9 Å². The summed E-state index contributed by atoms with van der Waals surface area (Å²) in [6.45, 7) is 3.14. The molecule has 3 N–H and O–H groups in total. The average molecular weight is 601 g/mol. The highest BCUT2D eigenvalue weighted by Crippen LogP contribution is 2.35. The molecule has 0 spiro atoms. The first kappa shape index (κ1) is 31.4. The van der Waals surface area contributed by atoms with E-state index in [4.69, 9.17) is 28.9 Å². The normalized spacial score (nSPS) is 19.5. The minimum atomic E-state index is -0.607. The lowest BCUT2D eigenvalue weighted by Gasteiger charge is -2.30. The van der Waals surface area contributed by atoms with E-state index >= 15 is 0 Å². The van der Waals surface area contributed by atoms with E-state index in [2.05, 4.69) is 12.2 Å². The summed E-state index contributed by atoms with van der Waals surface area (Å²) in [6.07, 6.45) is 9.84. The number of nitrogens with zero attached hydrogens (tertiary/aromatic N) is 1. The summed E-state index contributed by atoms with van der Waals surface area (Å²) >= 11 is 12.5. The molecule has 0 radical (unpaired) electrons. The van der Waals surface area contributed by atoms with Gasteiger partial charge in [0, 0.05) is 40.5 Å². The van der Waals surface area contributed by atoms with Gasteiger partial charge in [-0.15, -0.1) is 0 Å². The summed E-state index contributed by atoms with van der Waals surface area (Å²) in [5, 5.41) is 4.24. The van der Waals surface area contributed by atoms with Gasteiger partial charge >= 0.3 is 0 Å². The van der Waals surface area contributed by atoms with Crippen molar-refractivity contribution in [2.24, 2.45) is 23.5 Å². The lowest BCUT2D eigenvalue weighted by Crippen LogP contribution is -2.50. The molecule has 2 aromatic rings. The molecule has 2 aromatic carbocycles. The zero-order valence-corrected chi connectivity index (χ0v) is 25.6. The minimum Gasteiger partial charge on any atom is -0.369 e. The van der Waals surface area contributed by atoms with Crippen LogP contribution in [0.4, 0.5) is 0 Å². The third-order valence-corrected chi connectivity index (χ3v) is 9.31. The maximum absolute atomic E-state index is 13.8. The Morgan fingerprint density at radius 2 is 1.78 bits per heavy atom. The number of rotatable bonds is 12.